The lowest BCUT2D eigenvalue weighted by Gasteiger charge is -2.18. The van der Waals surface area contributed by atoms with Gasteiger partial charge in [0, 0.05) is 21.5 Å². The molecule has 1 aliphatic carbocycles. The highest BCUT2D eigenvalue weighted by Crippen LogP contribution is 2.40. The Bertz CT molecular complexity index is 1330. The number of anilines is 2. The van der Waals surface area contributed by atoms with Crippen molar-refractivity contribution in [1.82, 2.24) is 0 Å². The first-order chi connectivity index (χ1) is 18.3. The minimum atomic E-state index is -0.424. The van der Waals surface area contributed by atoms with Gasteiger partial charge in [-0.1, -0.05) is 43.3 Å². The number of esters is 1. The van der Waals surface area contributed by atoms with Crippen LogP contribution in [0, 0.1) is 5.92 Å². The molecule has 0 aliphatic heterocycles. The number of rotatable bonds is 9. The normalized spacial score (nSPS) is 15.5. The first kappa shape index (κ1) is 27.7. The van der Waals surface area contributed by atoms with E-state index in [1.807, 2.05) is 61.5 Å². The maximum Gasteiger partial charge on any atom is 0.341 e. The van der Waals surface area contributed by atoms with E-state index in [9.17, 15) is 14.4 Å². The second-order valence-electron chi connectivity index (χ2n) is 9.29. The highest BCUT2D eigenvalue weighted by Gasteiger charge is 2.30. The van der Waals surface area contributed by atoms with Crippen molar-refractivity contribution in [3.63, 3.8) is 0 Å². The summed E-state index contributed by atoms with van der Waals surface area (Å²) in [5, 5.41) is 6.02. The minimum absolute atomic E-state index is 0.188. The van der Waals surface area contributed by atoms with Crippen molar-refractivity contribution in [1.29, 1.82) is 0 Å². The SMILES string of the molecule is CCOC(=O)c1c(NC(=O)C(C)Sc2cccc(NC(=O)/C=C/c3ccccc3)c2)sc2c1CCC(C)C2. The van der Waals surface area contributed by atoms with Crippen LogP contribution in [-0.2, 0) is 27.2 Å². The summed E-state index contributed by atoms with van der Waals surface area (Å²) in [4.78, 5) is 40.3. The number of benzene rings is 2. The first-order valence-corrected chi connectivity index (χ1v) is 14.5. The van der Waals surface area contributed by atoms with Gasteiger partial charge in [0.2, 0.25) is 11.8 Å². The van der Waals surface area contributed by atoms with E-state index in [1.54, 1.807) is 13.0 Å². The van der Waals surface area contributed by atoms with Crippen molar-refractivity contribution in [3.05, 3.63) is 82.2 Å². The molecule has 2 amide bonds. The Hall–Kier alpha value is -3.36. The minimum Gasteiger partial charge on any atom is -0.462 e. The Kier molecular flexibility index (Phi) is 9.42. The number of thioether (sulfide) groups is 1. The smallest absolute Gasteiger partial charge is 0.341 e. The maximum atomic E-state index is 13.2. The van der Waals surface area contributed by atoms with Crippen molar-refractivity contribution in [2.75, 3.05) is 17.2 Å². The van der Waals surface area contributed by atoms with Crippen LogP contribution in [0.5, 0.6) is 0 Å². The van der Waals surface area contributed by atoms with E-state index in [1.165, 1.54) is 29.2 Å². The molecule has 198 valence electrons. The lowest BCUT2D eigenvalue weighted by atomic mass is 9.88. The first-order valence-electron chi connectivity index (χ1n) is 12.8. The van der Waals surface area contributed by atoms with Gasteiger partial charge in [0.1, 0.15) is 5.00 Å². The number of nitrogens with one attached hydrogen (secondary N) is 2. The van der Waals surface area contributed by atoms with Crippen molar-refractivity contribution in [3.8, 4) is 0 Å². The van der Waals surface area contributed by atoms with Gasteiger partial charge >= 0.3 is 5.97 Å². The average Bonchev–Trinajstić information content (AvgIpc) is 3.25. The van der Waals surface area contributed by atoms with Crippen LogP contribution in [0.3, 0.4) is 0 Å². The average molecular weight is 549 g/mol. The standard InChI is InChI=1S/C30H32N2O4S2/c1-4-36-30(35)27-24-15-13-19(2)17-25(24)38-29(27)32-28(34)20(3)37-23-12-8-11-22(18-23)31-26(33)16-14-21-9-6-5-7-10-21/h5-12,14,16,18-20H,4,13,15,17H2,1-3H3,(H,31,33)(H,32,34)/b16-14+. The molecule has 1 aliphatic rings. The van der Waals surface area contributed by atoms with E-state index < -0.39 is 5.25 Å². The summed E-state index contributed by atoms with van der Waals surface area (Å²) in [6.45, 7) is 6.10. The fraction of sp³-hybridized carbons (Fsp3) is 0.300. The lowest BCUT2D eigenvalue weighted by molar-refractivity contribution is -0.115. The van der Waals surface area contributed by atoms with Gasteiger partial charge in [0.05, 0.1) is 17.4 Å². The maximum absolute atomic E-state index is 13.2. The van der Waals surface area contributed by atoms with Gasteiger partial charge in [-0.2, -0.15) is 0 Å². The third-order valence-electron chi connectivity index (χ3n) is 6.24. The van der Waals surface area contributed by atoms with E-state index in [2.05, 4.69) is 17.6 Å². The molecular formula is C30H32N2O4S2. The molecule has 1 aromatic heterocycles. The summed E-state index contributed by atoms with van der Waals surface area (Å²) in [6, 6.07) is 17.0. The molecule has 0 spiro atoms. The van der Waals surface area contributed by atoms with Gasteiger partial charge in [-0.05, 0) is 74.4 Å². The summed E-state index contributed by atoms with van der Waals surface area (Å²) in [5.74, 6) is -0.243. The number of thiophene rings is 1. The molecule has 4 rings (SSSR count). The second-order valence-corrected chi connectivity index (χ2v) is 11.8. The van der Waals surface area contributed by atoms with Crippen LogP contribution < -0.4 is 10.6 Å². The van der Waals surface area contributed by atoms with Crippen LogP contribution in [0.15, 0.2) is 65.6 Å². The summed E-state index contributed by atoms with van der Waals surface area (Å²) in [7, 11) is 0. The largest absolute Gasteiger partial charge is 0.462 e. The van der Waals surface area contributed by atoms with Gasteiger partial charge < -0.3 is 15.4 Å². The van der Waals surface area contributed by atoms with Crippen molar-refractivity contribution in [2.24, 2.45) is 5.92 Å². The third kappa shape index (κ3) is 7.14. The Balaban J connectivity index is 1.41. The Morgan fingerprint density at radius 1 is 1.13 bits per heavy atom. The fourth-order valence-corrected chi connectivity index (χ4v) is 6.62. The number of hydrogen-bond donors (Lipinski definition) is 2. The molecule has 0 saturated carbocycles. The Morgan fingerprint density at radius 3 is 2.68 bits per heavy atom. The Morgan fingerprint density at radius 2 is 1.92 bits per heavy atom. The summed E-state index contributed by atoms with van der Waals surface area (Å²) >= 11 is 2.88. The summed E-state index contributed by atoms with van der Waals surface area (Å²) in [6.07, 6.45) is 6.00. The van der Waals surface area contributed by atoms with Gasteiger partial charge in [-0.15, -0.1) is 23.1 Å². The van der Waals surface area contributed by atoms with Crippen LogP contribution in [0.2, 0.25) is 0 Å². The molecule has 0 fully saturated rings. The molecule has 2 N–H and O–H groups in total. The Labute approximate surface area is 231 Å². The van der Waals surface area contributed by atoms with E-state index in [0.29, 0.717) is 22.2 Å². The molecular weight excluding hydrogens is 516 g/mol. The van der Waals surface area contributed by atoms with Crippen LogP contribution >= 0.6 is 23.1 Å². The molecule has 3 aromatic rings. The molecule has 0 radical (unpaired) electrons. The lowest BCUT2D eigenvalue weighted by Crippen LogP contribution is -2.23. The predicted molar refractivity (Wildman–Crippen MR) is 156 cm³/mol. The van der Waals surface area contributed by atoms with E-state index in [-0.39, 0.29) is 24.4 Å². The van der Waals surface area contributed by atoms with Crippen LogP contribution in [0.25, 0.3) is 6.08 Å². The summed E-state index contributed by atoms with van der Waals surface area (Å²) in [5.41, 5.74) is 3.12. The molecule has 0 bridgehead atoms. The van der Waals surface area contributed by atoms with E-state index >= 15 is 0 Å². The van der Waals surface area contributed by atoms with Crippen molar-refractivity contribution >= 4 is 57.6 Å². The molecule has 2 unspecified atom stereocenters. The zero-order valence-corrected chi connectivity index (χ0v) is 23.4. The highest BCUT2D eigenvalue weighted by molar-refractivity contribution is 8.00. The molecule has 0 saturated heterocycles. The quantitative estimate of drug-likeness (QED) is 0.174. The highest BCUT2D eigenvalue weighted by atomic mass is 32.2. The molecule has 6 nitrogen and oxygen atoms in total. The van der Waals surface area contributed by atoms with Gasteiger partial charge in [0.25, 0.3) is 0 Å². The molecule has 38 heavy (non-hydrogen) atoms. The monoisotopic (exact) mass is 548 g/mol. The topological polar surface area (TPSA) is 84.5 Å². The third-order valence-corrected chi connectivity index (χ3v) is 8.50. The number of fused-ring (bicyclic) bond motifs is 1. The van der Waals surface area contributed by atoms with Gasteiger partial charge in [0.15, 0.2) is 0 Å². The summed E-state index contributed by atoms with van der Waals surface area (Å²) < 4.78 is 5.32. The van der Waals surface area contributed by atoms with Crippen LogP contribution in [0.1, 0.15) is 53.6 Å². The van der Waals surface area contributed by atoms with Crippen LogP contribution in [0.4, 0.5) is 10.7 Å². The van der Waals surface area contributed by atoms with Crippen molar-refractivity contribution in [2.45, 2.75) is 50.2 Å². The number of ether oxygens (including phenoxy) is 1. The fourth-order valence-electron chi connectivity index (χ4n) is 4.30. The molecule has 2 atom stereocenters. The molecule has 2 aromatic carbocycles. The van der Waals surface area contributed by atoms with Crippen LogP contribution in [-0.4, -0.2) is 29.6 Å². The zero-order valence-electron chi connectivity index (χ0n) is 21.8. The predicted octanol–water partition coefficient (Wildman–Crippen LogP) is 6.82. The molecule has 8 heteroatoms. The number of carbonyl (C=O) groups excluding carboxylic acids is 3. The number of amides is 2. The molecule has 1 heterocycles. The van der Waals surface area contributed by atoms with E-state index in [4.69, 9.17) is 4.74 Å². The van der Waals surface area contributed by atoms with Gasteiger partial charge in [-0.25, -0.2) is 4.79 Å². The van der Waals surface area contributed by atoms with Gasteiger partial charge in [-0.3, -0.25) is 9.59 Å². The second kappa shape index (κ2) is 12.9. The van der Waals surface area contributed by atoms with Crippen molar-refractivity contribution < 1.29 is 19.1 Å². The number of carbonyl (C=O) groups is 3. The zero-order chi connectivity index (χ0) is 27.1. The van der Waals surface area contributed by atoms with E-state index in [0.717, 1.165) is 40.2 Å². The number of hydrogen-bond acceptors (Lipinski definition) is 6.